The molecular weight excluding hydrogens is 421 g/mol. The van der Waals surface area contributed by atoms with E-state index in [-0.39, 0.29) is 25.1 Å². The molecule has 2 aromatic heterocycles. The van der Waals surface area contributed by atoms with Crippen LogP contribution < -0.4 is 19.5 Å². The Morgan fingerprint density at radius 3 is 2.84 bits per heavy atom. The van der Waals surface area contributed by atoms with Gasteiger partial charge >= 0.3 is 0 Å². The van der Waals surface area contributed by atoms with Crippen molar-refractivity contribution in [2.24, 2.45) is 0 Å². The lowest BCUT2D eigenvalue weighted by molar-refractivity contribution is -0.123. The second kappa shape index (κ2) is 8.19. The number of amides is 1. The van der Waals surface area contributed by atoms with E-state index in [9.17, 15) is 9.18 Å². The van der Waals surface area contributed by atoms with E-state index in [2.05, 4.69) is 15.3 Å². The molecule has 1 amide bonds. The van der Waals surface area contributed by atoms with Crippen molar-refractivity contribution in [2.45, 2.75) is 6.54 Å². The third-order valence-electron chi connectivity index (χ3n) is 4.76. The van der Waals surface area contributed by atoms with Crippen LogP contribution in [0.25, 0.3) is 21.3 Å². The van der Waals surface area contributed by atoms with Crippen LogP contribution in [0.15, 0.2) is 54.2 Å². The fourth-order valence-electron chi connectivity index (χ4n) is 3.24. The maximum atomic E-state index is 13.3. The number of carbonyl (C=O) groups excluding carboxylic acids is 1. The number of benzene rings is 2. The largest absolute Gasteiger partial charge is 0.467 e. The summed E-state index contributed by atoms with van der Waals surface area (Å²) >= 11 is 1.43. The number of fused-ring (bicyclic) bond motifs is 2. The number of thiophene rings is 1. The molecule has 0 aliphatic carbocycles. The number of ether oxygens (including phenoxy) is 3. The summed E-state index contributed by atoms with van der Waals surface area (Å²) in [7, 11) is 0. The number of hydrogen-bond acceptors (Lipinski definition) is 7. The van der Waals surface area contributed by atoms with Crippen molar-refractivity contribution in [3.63, 3.8) is 0 Å². The van der Waals surface area contributed by atoms with Gasteiger partial charge < -0.3 is 19.5 Å². The van der Waals surface area contributed by atoms with Gasteiger partial charge in [0.1, 0.15) is 17.0 Å². The maximum Gasteiger partial charge on any atom is 0.258 e. The molecule has 1 N–H and O–H groups in total. The average Bonchev–Trinajstić information content (AvgIpc) is 3.43. The van der Waals surface area contributed by atoms with Crippen LogP contribution in [-0.2, 0) is 11.3 Å². The Bertz CT molecular complexity index is 1260. The molecular formula is C22H16FN3O4S. The normalized spacial score (nSPS) is 12.2. The highest BCUT2D eigenvalue weighted by atomic mass is 32.1. The molecule has 9 heteroatoms. The molecule has 7 nitrogen and oxygen atoms in total. The van der Waals surface area contributed by atoms with Crippen LogP contribution >= 0.6 is 11.3 Å². The SMILES string of the molecule is O=C(COc1ncnc2scc(-c3ccc(F)cc3)c12)NCc1ccc2c(c1)OCO2. The Kier molecular flexibility index (Phi) is 5.09. The lowest BCUT2D eigenvalue weighted by atomic mass is 10.1. The van der Waals surface area contributed by atoms with Gasteiger partial charge in [0.15, 0.2) is 18.1 Å². The highest BCUT2D eigenvalue weighted by molar-refractivity contribution is 7.17. The number of hydrogen-bond donors (Lipinski definition) is 1. The number of nitrogens with zero attached hydrogens (tertiary/aromatic N) is 2. The van der Waals surface area contributed by atoms with E-state index < -0.39 is 0 Å². The Hall–Kier alpha value is -3.72. The molecule has 0 atom stereocenters. The minimum atomic E-state index is -0.310. The van der Waals surface area contributed by atoms with Gasteiger partial charge in [-0.2, -0.15) is 0 Å². The Morgan fingerprint density at radius 2 is 1.97 bits per heavy atom. The number of halogens is 1. The first kappa shape index (κ1) is 19.3. The molecule has 0 bridgehead atoms. The summed E-state index contributed by atoms with van der Waals surface area (Å²) in [5, 5.41) is 5.42. The first-order valence-electron chi connectivity index (χ1n) is 9.43. The highest BCUT2D eigenvalue weighted by Crippen LogP contribution is 2.37. The van der Waals surface area contributed by atoms with Crippen molar-refractivity contribution in [2.75, 3.05) is 13.4 Å². The third kappa shape index (κ3) is 3.99. The second-order valence-electron chi connectivity index (χ2n) is 6.77. The monoisotopic (exact) mass is 437 g/mol. The van der Waals surface area contributed by atoms with Gasteiger partial charge in [0.2, 0.25) is 12.7 Å². The van der Waals surface area contributed by atoms with Crippen LogP contribution in [0.2, 0.25) is 0 Å². The molecule has 31 heavy (non-hydrogen) atoms. The van der Waals surface area contributed by atoms with E-state index in [1.807, 2.05) is 23.6 Å². The predicted octanol–water partition coefficient (Wildman–Crippen LogP) is 3.92. The highest BCUT2D eigenvalue weighted by Gasteiger charge is 2.16. The van der Waals surface area contributed by atoms with Crippen LogP contribution in [0.4, 0.5) is 4.39 Å². The Labute approximate surface area is 180 Å². The molecule has 156 valence electrons. The molecule has 3 heterocycles. The average molecular weight is 437 g/mol. The lowest BCUT2D eigenvalue weighted by Crippen LogP contribution is -2.28. The molecule has 0 radical (unpaired) electrons. The summed E-state index contributed by atoms with van der Waals surface area (Å²) in [4.78, 5) is 21.5. The third-order valence-corrected chi connectivity index (χ3v) is 5.64. The predicted molar refractivity (Wildman–Crippen MR) is 113 cm³/mol. The standard InChI is InChI=1S/C22H16FN3O4S/c23-15-4-2-14(3-5-15)16-10-31-22-20(16)21(25-11-26-22)28-9-19(27)24-8-13-1-6-17-18(7-13)30-12-29-17/h1-7,10-11H,8-9,12H2,(H,24,27). The fraction of sp³-hybridized carbons (Fsp3) is 0.136. The summed E-state index contributed by atoms with van der Waals surface area (Å²) in [6.45, 7) is 0.335. The minimum Gasteiger partial charge on any atom is -0.467 e. The van der Waals surface area contributed by atoms with Crippen molar-refractivity contribution in [1.29, 1.82) is 0 Å². The Balaban J connectivity index is 1.27. The Morgan fingerprint density at radius 1 is 1.13 bits per heavy atom. The topological polar surface area (TPSA) is 82.6 Å². The van der Waals surface area contributed by atoms with Crippen molar-refractivity contribution in [3.8, 4) is 28.5 Å². The van der Waals surface area contributed by atoms with Gasteiger partial charge in [-0.15, -0.1) is 11.3 Å². The van der Waals surface area contributed by atoms with Gasteiger partial charge in [0.05, 0.1) is 5.39 Å². The molecule has 1 aliphatic heterocycles. The smallest absolute Gasteiger partial charge is 0.258 e. The molecule has 5 rings (SSSR count). The number of nitrogens with one attached hydrogen (secondary N) is 1. The zero-order chi connectivity index (χ0) is 21.2. The van der Waals surface area contributed by atoms with E-state index >= 15 is 0 Å². The van der Waals surface area contributed by atoms with Gasteiger partial charge in [-0.25, -0.2) is 14.4 Å². The minimum absolute atomic E-state index is 0.199. The second-order valence-corrected chi connectivity index (χ2v) is 7.63. The summed E-state index contributed by atoms with van der Waals surface area (Å²) in [5.41, 5.74) is 2.54. The molecule has 0 spiro atoms. The zero-order valence-corrected chi connectivity index (χ0v) is 16.9. The van der Waals surface area contributed by atoms with Crippen molar-refractivity contribution >= 4 is 27.5 Å². The van der Waals surface area contributed by atoms with Crippen LogP contribution in [0.3, 0.4) is 0 Å². The van der Waals surface area contributed by atoms with Crippen molar-refractivity contribution in [1.82, 2.24) is 15.3 Å². The summed E-state index contributed by atoms with van der Waals surface area (Å²) < 4.78 is 29.6. The van der Waals surface area contributed by atoms with Gasteiger partial charge in [-0.1, -0.05) is 18.2 Å². The summed E-state index contributed by atoms with van der Waals surface area (Å²) in [6, 6.07) is 11.7. The molecule has 0 saturated heterocycles. The van der Waals surface area contributed by atoms with Gasteiger partial charge in [-0.05, 0) is 35.4 Å². The van der Waals surface area contributed by atoms with Gasteiger partial charge in [0, 0.05) is 17.5 Å². The lowest BCUT2D eigenvalue weighted by Gasteiger charge is -2.09. The van der Waals surface area contributed by atoms with Crippen LogP contribution in [0.5, 0.6) is 17.4 Å². The molecule has 1 aliphatic rings. The fourth-order valence-corrected chi connectivity index (χ4v) is 4.14. The van der Waals surface area contributed by atoms with Crippen molar-refractivity contribution < 1.29 is 23.4 Å². The van der Waals surface area contributed by atoms with E-state index in [1.54, 1.807) is 12.1 Å². The molecule has 0 saturated carbocycles. The van der Waals surface area contributed by atoms with E-state index in [1.165, 1.54) is 29.8 Å². The summed E-state index contributed by atoms with van der Waals surface area (Å²) in [5.74, 6) is 1.07. The van der Waals surface area contributed by atoms with E-state index in [4.69, 9.17) is 14.2 Å². The number of aromatic nitrogens is 2. The van der Waals surface area contributed by atoms with Crippen molar-refractivity contribution in [3.05, 3.63) is 65.6 Å². The first-order valence-corrected chi connectivity index (χ1v) is 10.3. The molecule has 0 fully saturated rings. The zero-order valence-electron chi connectivity index (χ0n) is 16.1. The first-order chi connectivity index (χ1) is 15.2. The van der Waals surface area contributed by atoms with Crippen LogP contribution in [-0.4, -0.2) is 29.3 Å². The van der Waals surface area contributed by atoms with Crippen LogP contribution in [0.1, 0.15) is 5.56 Å². The molecule has 0 unspecified atom stereocenters. The quantitative estimate of drug-likeness (QED) is 0.492. The number of carbonyl (C=O) groups is 1. The molecule has 2 aromatic carbocycles. The molecule has 4 aromatic rings. The van der Waals surface area contributed by atoms with Gasteiger partial charge in [0.25, 0.3) is 5.91 Å². The van der Waals surface area contributed by atoms with Crippen LogP contribution in [0, 0.1) is 5.82 Å². The summed E-state index contributed by atoms with van der Waals surface area (Å²) in [6.07, 6.45) is 1.40. The maximum absolute atomic E-state index is 13.3. The van der Waals surface area contributed by atoms with E-state index in [0.717, 1.165) is 21.5 Å². The number of rotatable bonds is 6. The van der Waals surface area contributed by atoms with Gasteiger partial charge in [-0.3, -0.25) is 4.79 Å². The van der Waals surface area contributed by atoms with E-state index in [0.29, 0.717) is 29.3 Å².